The van der Waals surface area contributed by atoms with E-state index < -0.39 is 57.9 Å². The molecule has 3 fully saturated rings. The summed E-state index contributed by atoms with van der Waals surface area (Å²) in [7, 11) is -2.74. The maximum Gasteiger partial charge on any atom is 0.329 e. The minimum atomic E-state index is -4.39. The fraction of sp³-hybridized carbons (Fsp3) is 0.300. The molecule has 5 aromatic rings. The van der Waals surface area contributed by atoms with Gasteiger partial charge in [0.2, 0.25) is 11.8 Å². The Kier molecular flexibility index (Phi) is 10.4. The van der Waals surface area contributed by atoms with Crippen molar-refractivity contribution in [2.24, 2.45) is 7.05 Å². The number of aryl methyl sites for hydroxylation is 1. The van der Waals surface area contributed by atoms with E-state index in [-0.39, 0.29) is 65.6 Å². The van der Waals surface area contributed by atoms with E-state index in [9.17, 15) is 37.2 Å². The molecule has 1 aromatic heterocycles. The standard InChI is InChI=1S/C40H39FN8O9S/c1-46-31-18-25(8-10-29(31)49(40(46)55)30-11-12-33(50)42-39(30)54)24-13-15-47(16-14-24)20-34(51)43-44-38(53)26-7-9-28-27(17-26)19-32(58-22-23-5-3-2-4-6-23)37(36(28)41)48-21-35(52)45-59(48,56)57/h2-10,17-19,24,30H,11-16,20-22H2,1H3,(H,43,51)(H,44,53)(H,45,52)(H,42,50,54). The number of anilines is 1. The number of imidazole rings is 1. The van der Waals surface area contributed by atoms with Crippen molar-refractivity contribution >= 4 is 67.2 Å². The van der Waals surface area contributed by atoms with Crippen molar-refractivity contribution < 1.29 is 41.5 Å². The zero-order chi connectivity index (χ0) is 41.6. The van der Waals surface area contributed by atoms with Gasteiger partial charge in [0, 0.05) is 24.4 Å². The van der Waals surface area contributed by atoms with Gasteiger partial charge in [0.25, 0.3) is 17.7 Å². The normalized spacial score (nSPS) is 18.5. The predicted molar refractivity (Wildman–Crippen MR) is 212 cm³/mol. The van der Waals surface area contributed by atoms with E-state index in [0.717, 1.165) is 24.0 Å². The zero-order valence-corrected chi connectivity index (χ0v) is 32.5. The molecule has 1 unspecified atom stereocenters. The molecule has 4 heterocycles. The number of aromatic nitrogens is 2. The van der Waals surface area contributed by atoms with Crippen LogP contribution in [0.15, 0.2) is 77.6 Å². The molecular formula is C40H39FN8O9S. The maximum atomic E-state index is 16.2. The summed E-state index contributed by atoms with van der Waals surface area (Å²) in [5.41, 5.74) is 7.16. The van der Waals surface area contributed by atoms with E-state index in [1.54, 1.807) is 37.4 Å². The van der Waals surface area contributed by atoms with Gasteiger partial charge >= 0.3 is 15.9 Å². The Hall–Kier alpha value is -6.60. The number of carbonyl (C=O) groups excluding carboxylic acids is 5. The van der Waals surface area contributed by atoms with Gasteiger partial charge in [-0.3, -0.25) is 54.2 Å². The number of hydrogen-bond acceptors (Lipinski definition) is 10. The number of ether oxygens (including phenoxy) is 1. The highest BCUT2D eigenvalue weighted by Gasteiger charge is 2.38. The summed E-state index contributed by atoms with van der Waals surface area (Å²) in [6.07, 6.45) is 1.87. The lowest BCUT2D eigenvalue weighted by atomic mass is 9.89. The molecule has 8 rings (SSSR count). The highest BCUT2D eigenvalue weighted by Crippen LogP contribution is 2.40. The Labute approximate surface area is 336 Å². The Morgan fingerprint density at radius 3 is 2.37 bits per heavy atom. The number of fused-ring (bicyclic) bond motifs is 2. The van der Waals surface area contributed by atoms with E-state index in [2.05, 4.69) is 16.2 Å². The minimum Gasteiger partial charge on any atom is -0.487 e. The van der Waals surface area contributed by atoms with Gasteiger partial charge in [0.05, 0.1) is 17.6 Å². The molecule has 59 heavy (non-hydrogen) atoms. The molecule has 4 N–H and O–H groups in total. The summed E-state index contributed by atoms with van der Waals surface area (Å²) in [5.74, 6) is -3.78. The van der Waals surface area contributed by atoms with Gasteiger partial charge in [-0.25, -0.2) is 18.2 Å². The van der Waals surface area contributed by atoms with E-state index >= 15 is 4.39 Å². The third-order valence-electron chi connectivity index (χ3n) is 11.0. The van der Waals surface area contributed by atoms with E-state index in [4.69, 9.17) is 4.74 Å². The second-order valence-corrected chi connectivity index (χ2v) is 16.4. The van der Waals surface area contributed by atoms with Gasteiger partial charge in [-0.15, -0.1) is 0 Å². The summed E-state index contributed by atoms with van der Waals surface area (Å²) in [6, 6.07) is 19.3. The van der Waals surface area contributed by atoms with Gasteiger partial charge in [0.15, 0.2) is 5.82 Å². The van der Waals surface area contributed by atoms with Crippen LogP contribution in [0.4, 0.5) is 10.1 Å². The molecule has 4 aromatic carbocycles. The molecule has 0 saturated carbocycles. The number of hydrazine groups is 1. The number of imide groups is 1. The van der Waals surface area contributed by atoms with Crippen molar-refractivity contribution in [2.45, 2.75) is 44.2 Å². The number of piperidine rings is 2. The zero-order valence-electron chi connectivity index (χ0n) is 31.7. The lowest BCUT2D eigenvalue weighted by molar-refractivity contribution is -0.135. The molecule has 0 aliphatic carbocycles. The largest absolute Gasteiger partial charge is 0.487 e. The average molecular weight is 827 g/mol. The third-order valence-corrected chi connectivity index (χ3v) is 12.3. The van der Waals surface area contributed by atoms with Crippen LogP contribution in [0.1, 0.15) is 59.1 Å². The average Bonchev–Trinajstić information content (AvgIpc) is 3.64. The van der Waals surface area contributed by atoms with Crippen LogP contribution in [0.3, 0.4) is 0 Å². The number of hydrogen-bond donors (Lipinski definition) is 4. The lowest BCUT2D eigenvalue weighted by Gasteiger charge is -2.31. The number of rotatable bonds is 9. The summed E-state index contributed by atoms with van der Waals surface area (Å²) in [5, 5.41) is 2.50. The Morgan fingerprint density at radius 2 is 1.66 bits per heavy atom. The van der Waals surface area contributed by atoms with Gasteiger partial charge in [0.1, 0.15) is 30.6 Å². The van der Waals surface area contributed by atoms with E-state index in [1.807, 2.05) is 27.8 Å². The van der Waals surface area contributed by atoms with Crippen LogP contribution in [-0.4, -0.2) is 78.2 Å². The molecule has 0 bridgehead atoms. The van der Waals surface area contributed by atoms with Gasteiger partial charge in [-0.05, 0) is 85.1 Å². The molecular weight excluding hydrogens is 788 g/mol. The monoisotopic (exact) mass is 826 g/mol. The molecule has 3 aliphatic rings. The molecule has 3 saturated heterocycles. The molecule has 5 amide bonds. The first-order valence-electron chi connectivity index (χ1n) is 18.9. The smallest absolute Gasteiger partial charge is 0.329 e. The minimum absolute atomic E-state index is 0.0138. The number of carbonyl (C=O) groups is 5. The van der Waals surface area contributed by atoms with Gasteiger partial charge < -0.3 is 4.74 Å². The summed E-state index contributed by atoms with van der Waals surface area (Å²) in [6.45, 7) is 0.514. The fourth-order valence-electron chi connectivity index (χ4n) is 7.92. The fourth-order valence-corrected chi connectivity index (χ4v) is 9.08. The molecule has 17 nitrogen and oxygen atoms in total. The first kappa shape index (κ1) is 39.2. The first-order chi connectivity index (χ1) is 28.3. The number of amides is 5. The molecule has 0 spiro atoms. The number of nitrogens with one attached hydrogen (secondary N) is 4. The third kappa shape index (κ3) is 7.73. The van der Waals surface area contributed by atoms with Crippen molar-refractivity contribution in [3.8, 4) is 5.75 Å². The van der Waals surface area contributed by atoms with E-state index in [1.165, 1.54) is 33.4 Å². The van der Waals surface area contributed by atoms with Crippen LogP contribution in [0.5, 0.6) is 5.75 Å². The summed E-state index contributed by atoms with van der Waals surface area (Å²) in [4.78, 5) is 77.5. The van der Waals surface area contributed by atoms with Crippen LogP contribution in [-0.2, 0) is 43.0 Å². The number of likely N-dealkylation sites (tertiary alicyclic amines) is 1. The highest BCUT2D eigenvalue weighted by atomic mass is 32.2. The second kappa shape index (κ2) is 15.6. The molecule has 306 valence electrons. The Morgan fingerprint density at radius 1 is 0.898 bits per heavy atom. The van der Waals surface area contributed by atoms with Crippen LogP contribution in [0.25, 0.3) is 21.8 Å². The SMILES string of the molecule is Cn1c(=O)n(C2CCC(=O)NC2=O)c2ccc(C3CCN(CC(=O)NNC(=O)c4ccc5c(F)c(N6CC(=O)NS6(=O)=O)c(OCc6ccccc6)cc5c4)CC3)cc21. The van der Waals surface area contributed by atoms with Crippen molar-refractivity contribution in [1.82, 2.24) is 34.9 Å². The van der Waals surface area contributed by atoms with Crippen LogP contribution >= 0.6 is 0 Å². The van der Waals surface area contributed by atoms with Crippen LogP contribution in [0.2, 0.25) is 0 Å². The van der Waals surface area contributed by atoms with Crippen LogP contribution in [0, 0.1) is 5.82 Å². The van der Waals surface area contributed by atoms with Crippen LogP contribution < -0.4 is 35.6 Å². The summed E-state index contributed by atoms with van der Waals surface area (Å²) >= 11 is 0. The molecule has 19 heteroatoms. The number of nitrogens with zero attached hydrogens (tertiary/aromatic N) is 4. The van der Waals surface area contributed by atoms with Gasteiger partial charge in [-0.2, -0.15) is 8.42 Å². The predicted octanol–water partition coefficient (Wildman–Crippen LogP) is 2.01. The Bertz CT molecular complexity index is 2730. The maximum absolute atomic E-state index is 16.2. The summed E-state index contributed by atoms with van der Waals surface area (Å²) < 4.78 is 52.9. The second-order valence-electron chi connectivity index (χ2n) is 14.8. The van der Waals surface area contributed by atoms with Crippen molar-refractivity contribution in [3.63, 3.8) is 0 Å². The Balaban J connectivity index is 0.900. The van der Waals surface area contributed by atoms with Crippen molar-refractivity contribution in [3.05, 3.63) is 106 Å². The quantitative estimate of drug-likeness (QED) is 0.126. The molecule has 3 aliphatic heterocycles. The molecule has 1 atom stereocenters. The highest BCUT2D eigenvalue weighted by molar-refractivity contribution is 7.92. The van der Waals surface area contributed by atoms with Crippen molar-refractivity contribution in [2.75, 3.05) is 30.5 Å². The number of halogens is 1. The van der Waals surface area contributed by atoms with Crippen molar-refractivity contribution in [1.29, 1.82) is 0 Å². The number of benzene rings is 4. The lowest BCUT2D eigenvalue weighted by Crippen LogP contribution is -2.47. The topological polar surface area (TPSA) is 210 Å². The van der Waals surface area contributed by atoms with Gasteiger partial charge in [-0.1, -0.05) is 42.5 Å². The van der Waals surface area contributed by atoms with E-state index in [0.29, 0.717) is 28.4 Å². The first-order valence-corrected chi connectivity index (χ1v) is 20.3. The molecule has 0 radical (unpaired) electrons.